The Labute approximate surface area is 193 Å². The lowest BCUT2D eigenvalue weighted by atomic mass is 10.1. The molecule has 1 atom stereocenters. The predicted molar refractivity (Wildman–Crippen MR) is 126 cm³/mol. The molecule has 1 aliphatic heterocycles. The van der Waals surface area contributed by atoms with Crippen LogP contribution in [0.2, 0.25) is 0 Å². The van der Waals surface area contributed by atoms with Crippen LogP contribution in [0.4, 0.5) is 4.39 Å². The van der Waals surface area contributed by atoms with Crippen LogP contribution in [-0.2, 0) is 21.8 Å². The Morgan fingerprint density at radius 1 is 1.06 bits per heavy atom. The molecule has 2 aromatic carbocycles. The van der Waals surface area contributed by atoms with Gasteiger partial charge in [-0.25, -0.2) is 4.39 Å². The van der Waals surface area contributed by atoms with Crippen LogP contribution in [0.1, 0.15) is 43.2 Å². The fraction of sp³-hybridized carbons (Fsp3) is 0.440. The molecule has 2 amide bonds. The van der Waals surface area contributed by atoms with Crippen molar-refractivity contribution in [3.8, 4) is 5.75 Å². The normalized spacial score (nSPS) is 15.4. The van der Waals surface area contributed by atoms with E-state index in [0.29, 0.717) is 13.0 Å². The number of β-lactam (4-membered cyclic amide) rings is 1. The average Bonchev–Trinajstić information content (AvgIpc) is 2.81. The first-order valence-electron chi connectivity index (χ1n) is 11.1. The second-order valence-corrected chi connectivity index (χ2v) is 9.15. The zero-order chi connectivity index (χ0) is 22.8. The van der Waals surface area contributed by atoms with E-state index >= 15 is 0 Å². The van der Waals surface area contributed by atoms with Crippen molar-refractivity contribution in [2.24, 2.45) is 0 Å². The maximum absolute atomic E-state index is 12.9. The summed E-state index contributed by atoms with van der Waals surface area (Å²) in [5, 5.41) is 2.98. The van der Waals surface area contributed by atoms with Crippen molar-refractivity contribution in [2.75, 3.05) is 20.2 Å². The molecule has 172 valence electrons. The van der Waals surface area contributed by atoms with Crippen molar-refractivity contribution in [2.45, 2.75) is 49.7 Å². The molecule has 0 spiro atoms. The van der Waals surface area contributed by atoms with Crippen LogP contribution in [0.25, 0.3) is 0 Å². The number of methoxy groups -OCH3 is 1. The Bertz CT molecular complexity index is 874. The van der Waals surface area contributed by atoms with Crippen LogP contribution >= 0.6 is 11.8 Å². The summed E-state index contributed by atoms with van der Waals surface area (Å²) < 4.78 is 18.1. The summed E-state index contributed by atoms with van der Waals surface area (Å²) in [4.78, 5) is 25.8. The molecule has 32 heavy (non-hydrogen) atoms. The highest BCUT2D eigenvalue weighted by molar-refractivity contribution is 7.99. The van der Waals surface area contributed by atoms with Crippen LogP contribution in [0.3, 0.4) is 0 Å². The van der Waals surface area contributed by atoms with Gasteiger partial charge in [0.25, 0.3) is 0 Å². The van der Waals surface area contributed by atoms with Crippen molar-refractivity contribution < 1.29 is 18.7 Å². The SMILES string of the molecule is COc1ccc(CSC2CC(=O)N2CC(=O)NCCCCCCc2ccc(F)cc2)cc1. The molecule has 1 saturated heterocycles. The summed E-state index contributed by atoms with van der Waals surface area (Å²) in [5.74, 6) is 1.35. The van der Waals surface area contributed by atoms with Crippen molar-refractivity contribution in [1.82, 2.24) is 10.2 Å². The number of amides is 2. The first kappa shape index (κ1) is 24.1. The average molecular weight is 459 g/mol. The largest absolute Gasteiger partial charge is 0.497 e. The summed E-state index contributed by atoms with van der Waals surface area (Å²) in [7, 11) is 1.64. The second kappa shape index (κ2) is 12.5. The maximum Gasteiger partial charge on any atom is 0.239 e. The number of aryl methyl sites for hydroxylation is 1. The Kier molecular flexibility index (Phi) is 9.41. The molecule has 0 aromatic heterocycles. The van der Waals surface area contributed by atoms with E-state index in [2.05, 4.69) is 5.32 Å². The lowest BCUT2D eigenvalue weighted by Gasteiger charge is -2.39. The van der Waals surface area contributed by atoms with Gasteiger partial charge in [0.15, 0.2) is 0 Å². The molecule has 1 heterocycles. The standard InChI is InChI=1S/C25H31FN2O3S/c1-31-22-13-9-20(10-14-22)18-32-25-16-24(30)28(25)17-23(29)27-15-5-3-2-4-6-19-7-11-21(26)12-8-19/h7-14,25H,2-6,15-18H2,1H3,(H,27,29). The summed E-state index contributed by atoms with van der Waals surface area (Å²) >= 11 is 1.68. The van der Waals surface area contributed by atoms with Crippen molar-refractivity contribution >= 4 is 23.6 Å². The van der Waals surface area contributed by atoms with E-state index in [-0.39, 0.29) is 29.6 Å². The third-order valence-electron chi connectivity index (χ3n) is 5.56. The molecule has 0 aliphatic carbocycles. The number of halogens is 1. The molecular formula is C25H31FN2O3S. The number of nitrogens with one attached hydrogen (secondary N) is 1. The van der Waals surface area contributed by atoms with Crippen molar-refractivity contribution in [1.29, 1.82) is 0 Å². The number of nitrogens with zero attached hydrogens (tertiary/aromatic N) is 1. The fourth-order valence-corrected chi connectivity index (χ4v) is 4.79. The number of rotatable bonds is 13. The van der Waals surface area contributed by atoms with Crippen LogP contribution in [-0.4, -0.2) is 42.3 Å². The lowest BCUT2D eigenvalue weighted by molar-refractivity contribution is -0.145. The molecule has 2 aromatic rings. The number of carbonyl (C=O) groups excluding carboxylic acids is 2. The van der Waals surface area contributed by atoms with Gasteiger partial charge < -0.3 is 15.0 Å². The van der Waals surface area contributed by atoms with Gasteiger partial charge in [-0.05, 0) is 54.7 Å². The number of hydrogen-bond donors (Lipinski definition) is 1. The topological polar surface area (TPSA) is 58.6 Å². The third kappa shape index (κ3) is 7.55. The number of hydrogen-bond acceptors (Lipinski definition) is 4. The number of likely N-dealkylation sites (tertiary alicyclic amines) is 1. The van der Waals surface area contributed by atoms with Crippen molar-refractivity contribution in [3.05, 3.63) is 65.5 Å². The van der Waals surface area contributed by atoms with Crippen molar-refractivity contribution in [3.63, 3.8) is 0 Å². The van der Waals surface area contributed by atoms with E-state index < -0.39 is 0 Å². The van der Waals surface area contributed by atoms with E-state index in [1.165, 1.54) is 17.7 Å². The van der Waals surface area contributed by atoms with Gasteiger partial charge in [0.2, 0.25) is 11.8 Å². The molecule has 1 fully saturated rings. The molecule has 0 radical (unpaired) electrons. The van der Waals surface area contributed by atoms with Gasteiger partial charge >= 0.3 is 0 Å². The summed E-state index contributed by atoms with van der Waals surface area (Å²) in [6, 6.07) is 14.5. The van der Waals surface area contributed by atoms with Gasteiger partial charge in [0.05, 0.1) is 18.9 Å². The highest BCUT2D eigenvalue weighted by atomic mass is 32.2. The first-order chi connectivity index (χ1) is 15.5. The van der Waals surface area contributed by atoms with E-state index in [1.54, 1.807) is 23.8 Å². The van der Waals surface area contributed by atoms with Gasteiger partial charge in [0, 0.05) is 12.3 Å². The zero-order valence-corrected chi connectivity index (χ0v) is 19.3. The van der Waals surface area contributed by atoms with Crippen LogP contribution in [0, 0.1) is 5.82 Å². The lowest BCUT2D eigenvalue weighted by Crippen LogP contribution is -2.54. The molecule has 7 heteroatoms. The number of unbranched alkanes of at least 4 members (excludes halogenated alkanes) is 3. The molecule has 0 saturated carbocycles. The fourth-order valence-electron chi connectivity index (χ4n) is 3.58. The molecular weight excluding hydrogens is 427 g/mol. The van der Waals surface area contributed by atoms with Gasteiger partial charge in [-0.15, -0.1) is 11.8 Å². The molecule has 3 rings (SSSR count). The Morgan fingerprint density at radius 3 is 2.44 bits per heavy atom. The molecule has 1 N–H and O–H groups in total. The smallest absolute Gasteiger partial charge is 0.239 e. The number of thioether (sulfide) groups is 1. The zero-order valence-electron chi connectivity index (χ0n) is 18.5. The second-order valence-electron chi connectivity index (χ2n) is 7.98. The van der Waals surface area contributed by atoms with Gasteiger partial charge in [-0.2, -0.15) is 0 Å². The number of carbonyl (C=O) groups is 2. The molecule has 1 unspecified atom stereocenters. The van der Waals surface area contributed by atoms with Crippen LogP contribution < -0.4 is 10.1 Å². The Hall–Kier alpha value is -2.54. The third-order valence-corrected chi connectivity index (χ3v) is 6.87. The highest BCUT2D eigenvalue weighted by Gasteiger charge is 2.37. The minimum absolute atomic E-state index is 0.0353. The maximum atomic E-state index is 12.9. The van der Waals surface area contributed by atoms with Gasteiger partial charge in [0.1, 0.15) is 18.1 Å². The van der Waals surface area contributed by atoms with Crippen LogP contribution in [0.15, 0.2) is 48.5 Å². The van der Waals surface area contributed by atoms with E-state index in [4.69, 9.17) is 4.74 Å². The van der Waals surface area contributed by atoms with Gasteiger partial charge in [-0.3, -0.25) is 9.59 Å². The summed E-state index contributed by atoms with van der Waals surface area (Å²) in [5.41, 5.74) is 2.32. The molecule has 0 bridgehead atoms. The molecule has 1 aliphatic rings. The predicted octanol–water partition coefficient (Wildman–Crippen LogP) is 4.55. The minimum Gasteiger partial charge on any atom is -0.497 e. The van der Waals surface area contributed by atoms with Crippen LogP contribution in [0.5, 0.6) is 5.75 Å². The van der Waals surface area contributed by atoms with E-state index in [1.807, 2.05) is 36.4 Å². The number of ether oxygens (including phenoxy) is 1. The minimum atomic E-state index is -0.202. The first-order valence-corrected chi connectivity index (χ1v) is 12.1. The Balaban J connectivity index is 1.25. The monoisotopic (exact) mass is 458 g/mol. The van der Waals surface area contributed by atoms with E-state index in [0.717, 1.165) is 49.2 Å². The highest BCUT2D eigenvalue weighted by Crippen LogP contribution is 2.31. The Morgan fingerprint density at radius 2 is 1.75 bits per heavy atom. The molecule has 5 nitrogen and oxygen atoms in total. The summed E-state index contributed by atoms with van der Waals surface area (Å²) in [6.45, 7) is 0.755. The quantitative estimate of drug-likeness (QED) is 0.354. The van der Waals surface area contributed by atoms with Gasteiger partial charge in [-0.1, -0.05) is 37.1 Å². The summed E-state index contributed by atoms with van der Waals surface area (Å²) in [6.07, 6.45) is 5.50. The van der Waals surface area contributed by atoms with E-state index in [9.17, 15) is 14.0 Å². The number of benzene rings is 2.